The Hall–Kier alpha value is -2.01. The predicted molar refractivity (Wildman–Crippen MR) is 73.8 cm³/mol. The highest BCUT2D eigenvalue weighted by Gasteiger charge is 2.29. The van der Waals surface area contributed by atoms with E-state index in [9.17, 15) is 5.11 Å². The smallest absolute Gasteiger partial charge is 0.130 e. The average Bonchev–Trinajstić information content (AvgIpc) is 2.96. The number of rotatable bonds is 3. The van der Waals surface area contributed by atoms with Gasteiger partial charge in [0.25, 0.3) is 0 Å². The fourth-order valence-electron chi connectivity index (χ4n) is 2.48. The highest BCUT2D eigenvalue weighted by atomic mass is 16.5. The zero-order valence-electron chi connectivity index (χ0n) is 11.6. The summed E-state index contributed by atoms with van der Waals surface area (Å²) >= 11 is 0. The molecule has 2 atom stereocenters. The van der Waals surface area contributed by atoms with E-state index in [1.165, 1.54) is 0 Å². The number of ether oxygens (including phenoxy) is 2. The SMILES string of the molecule is CCn1cc(C2C[C@H](O)c3cc(OC)ccc3O2)cn1. The summed E-state index contributed by atoms with van der Waals surface area (Å²) in [6.07, 6.45) is 3.58. The lowest BCUT2D eigenvalue weighted by atomic mass is 9.96. The zero-order chi connectivity index (χ0) is 14.1. The molecule has 5 heteroatoms. The summed E-state index contributed by atoms with van der Waals surface area (Å²) in [5, 5.41) is 14.6. The summed E-state index contributed by atoms with van der Waals surface area (Å²) in [5.41, 5.74) is 1.77. The van der Waals surface area contributed by atoms with Crippen molar-refractivity contribution in [1.82, 2.24) is 9.78 Å². The fourth-order valence-corrected chi connectivity index (χ4v) is 2.48. The molecule has 106 valence electrons. The van der Waals surface area contributed by atoms with Crippen molar-refractivity contribution in [2.75, 3.05) is 7.11 Å². The molecule has 2 heterocycles. The van der Waals surface area contributed by atoms with Crippen LogP contribution in [-0.2, 0) is 6.54 Å². The molecule has 0 fully saturated rings. The van der Waals surface area contributed by atoms with Gasteiger partial charge in [0.15, 0.2) is 0 Å². The molecule has 2 aromatic rings. The molecule has 5 nitrogen and oxygen atoms in total. The van der Waals surface area contributed by atoms with Crippen molar-refractivity contribution in [3.63, 3.8) is 0 Å². The van der Waals surface area contributed by atoms with Gasteiger partial charge in [0, 0.05) is 30.3 Å². The van der Waals surface area contributed by atoms with E-state index < -0.39 is 6.10 Å². The van der Waals surface area contributed by atoms with Crippen LogP contribution in [0, 0.1) is 0 Å². The monoisotopic (exact) mass is 274 g/mol. The van der Waals surface area contributed by atoms with E-state index in [1.807, 2.05) is 36.0 Å². The second-order valence-electron chi connectivity index (χ2n) is 4.89. The van der Waals surface area contributed by atoms with Crippen LogP contribution >= 0.6 is 0 Å². The van der Waals surface area contributed by atoms with E-state index in [4.69, 9.17) is 9.47 Å². The largest absolute Gasteiger partial charge is 0.497 e. The van der Waals surface area contributed by atoms with Crippen LogP contribution in [0.3, 0.4) is 0 Å². The van der Waals surface area contributed by atoms with Crippen LogP contribution in [0.4, 0.5) is 0 Å². The molecule has 0 saturated carbocycles. The minimum Gasteiger partial charge on any atom is -0.497 e. The summed E-state index contributed by atoms with van der Waals surface area (Å²) in [6, 6.07) is 5.50. The predicted octanol–water partition coefficient (Wildman–Crippen LogP) is 2.47. The van der Waals surface area contributed by atoms with Gasteiger partial charge >= 0.3 is 0 Å². The van der Waals surface area contributed by atoms with E-state index in [1.54, 1.807) is 13.3 Å². The Morgan fingerprint density at radius 3 is 3.05 bits per heavy atom. The maximum absolute atomic E-state index is 10.3. The van der Waals surface area contributed by atoms with Gasteiger partial charge < -0.3 is 14.6 Å². The molecule has 0 amide bonds. The van der Waals surface area contributed by atoms with Gasteiger partial charge in [-0.05, 0) is 25.1 Å². The fraction of sp³-hybridized carbons (Fsp3) is 0.400. The first-order chi connectivity index (χ1) is 9.71. The number of aromatic nitrogens is 2. The molecule has 3 rings (SSSR count). The van der Waals surface area contributed by atoms with Crippen molar-refractivity contribution in [3.8, 4) is 11.5 Å². The third kappa shape index (κ3) is 2.25. The topological polar surface area (TPSA) is 56.5 Å². The Kier molecular flexibility index (Phi) is 3.36. The molecule has 0 spiro atoms. The summed E-state index contributed by atoms with van der Waals surface area (Å²) in [7, 11) is 1.61. The number of fused-ring (bicyclic) bond motifs is 1. The normalized spacial score (nSPS) is 21.1. The molecule has 0 saturated heterocycles. The molecule has 1 aromatic heterocycles. The number of hydrogen-bond donors (Lipinski definition) is 1. The third-order valence-corrected chi connectivity index (χ3v) is 3.63. The number of nitrogens with zero attached hydrogens (tertiary/aromatic N) is 2. The number of aliphatic hydroxyl groups is 1. The molecule has 0 bridgehead atoms. The molecule has 20 heavy (non-hydrogen) atoms. The molecular weight excluding hydrogens is 256 g/mol. The van der Waals surface area contributed by atoms with E-state index in [0.29, 0.717) is 12.2 Å². The van der Waals surface area contributed by atoms with E-state index in [-0.39, 0.29) is 6.10 Å². The number of aliphatic hydroxyl groups excluding tert-OH is 1. The minimum atomic E-state index is -0.552. The molecule has 1 aliphatic rings. The Morgan fingerprint density at radius 2 is 2.35 bits per heavy atom. The number of aryl methyl sites for hydroxylation is 1. The van der Waals surface area contributed by atoms with Crippen molar-refractivity contribution < 1.29 is 14.6 Å². The molecule has 0 aliphatic carbocycles. The van der Waals surface area contributed by atoms with Gasteiger partial charge in [-0.25, -0.2) is 0 Å². The Balaban J connectivity index is 1.88. The van der Waals surface area contributed by atoms with Crippen LogP contribution in [0.5, 0.6) is 11.5 Å². The van der Waals surface area contributed by atoms with Crippen molar-refractivity contribution in [2.45, 2.75) is 32.1 Å². The number of methoxy groups -OCH3 is 1. The summed E-state index contributed by atoms with van der Waals surface area (Å²) in [6.45, 7) is 2.86. The zero-order valence-corrected chi connectivity index (χ0v) is 11.6. The molecule has 1 N–H and O–H groups in total. The van der Waals surface area contributed by atoms with Gasteiger partial charge in [0.2, 0.25) is 0 Å². The molecule has 1 aliphatic heterocycles. The maximum atomic E-state index is 10.3. The second-order valence-corrected chi connectivity index (χ2v) is 4.89. The van der Waals surface area contributed by atoms with Crippen LogP contribution in [0.25, 0.3) is 0 Å². The third-order valence-electron chi connectivity index (χ3n) is 3.63. The highest BCUT2D eigenvalue weighted by molar-refractivity contribution is 5.43. The van der Waals surface area contributed by atoms with Crippen LogP contribution in [0.2, 0.25) is 0 Å². The lowest BCUT2D eigenvalue weighted by Gasteiger charge is -2.29. The molecular formula is C15H18N2O3. The molecule has 1 unspecified atom stereocenters. The quantitative estimate of drug-likeness (QED) is 0.934. The van der Waals surface area contributed by atoms with Gasteiger partial charge in [-0.15, -0.1) is 0 Å². The molecule has 1 aromatic carbocycles. The van der Waals surface area contributed by atoms with Gasteiger partial charge in [0.05, 0.1) is 19.4 Å². The summed E-state index contributed by atoms with van der Waals surface area (Å²) in [5.74, 6) is 1.43. The van der Waals surface area contributed by atoms with Crippen molar-refractivity contribution in [1.29, 1.82) is 0 Å². The van der Waals surface area contributed by atoms with Gasteiger partial charge in [-0.3, -0.25) is 4.68 Å². The van der Waals surface area contributed by atoms with Crippen molar-refractivity contribution in [3.05, 3.63) is 41.7 Å². The Labute approximate surface area is 117 Å². The van der Waals surface area contributed by atoms with Crippen LogP contribution in [0.15, 0.2) is 30.6 Å². The molecule has 0 radical (unpaired) electrons. The van der Waals surface area contributed by atoms with Crippen LogP contribution < -0.4 is 9.47 Å². The first-order valence-corrected chi connectivity index (χ1v) is 6.76. The number of benzene rings is 1. The lowest BCUT2D eigenvalue weighted by Crippen LogP contribution is -2.18. The van der Waals surface area contributed by atoms with E-state index in [2.05, 4.69) is 5.10 Å². The van der Waals surface area contributed by atoms with Gasteiger partial charge in [0.1, 0.15) is 17.6 Å². The Bertz CT molecular complexity index is 609. The first-order valence-electron chi connectivity index (χ1n) is 6.76. The van der Waals surface area contributed by atoms with Gasteiger partial charge in [-0.2, -0.15) is 5.10 Å². The van der Waals surface area contributed by atoms with Crippen LogP contribution in [-0.4, -0.2) is 22.0 Å². The minimum absolute atomic E-state index is 0.161. The lowest BCUT2D eigenvalue weighted by molar-refractivity contribution is 0.0654. The van der Waals surface area contributed by atoms with Crippen LogP contribution in [0.1, 0.15) is 36.7 Å². The van der Waals surface area contributed by atoms with Gasteiger partial charge in [-0.1, -0.05) is 0 Å². The maximum Gasteiger partial charge on any atom is 0.130 e. The first kappa shape index (κ1) is 13.0. The second kappa shape index (κ2) is 5.17. The van der Waals surface area contributed by atoms with E-state index >= 15 is 0 Å². The standard InChI is InChI=1S/C15H18N2O3/c1-3-17-9-10(8-16-17)15-7-13(18)12-6-11(19-2)4-5-14(12)20-15/h4-6,8-9,13,15,18H,3,7H2,1-2H3/t13-,15?/m0/s1. The van der Waals surface area contributed by atoms with Crippen molar-refractivity contribution in [2.24, 2.45) is 0 Å². The van der Waals surface area contributed by atoms with E-state index in [0.717, 1.165) is 23.4 Å². The summed E-state index contributed by atoms with van der Waals surface area (Å²) < 4.78 is 13.0. The van der Waals surface area contributed by atoms with Crippen molar-refractivity contribution >= 4 is 0 Å². The highest BCUT2D eigenvalue weighted by Crippen LogP contribution is 2.42. The number of hydrogen-bond acceptors (Lipinski definition) is 4. The Morgan fingerprint density at radius 1 is 1.50 bits per heavy atom. The average molecular weight is 274 g/mol. The summed E-state index contributed by atoms with van der Waals surface area (Å²) in [4.78, 5) is 0.